The zero-order chi connectivity index (χ0) is 9.26. The molecule has 3 heteroatoms. The minimum atomic E-state index is -0.404. The monoisotopic (exact) mass is 176 g/mol. The summed E-state index contributed by atoms with van der Waals surface area (Å²) >= 11 is 0. The molecule has 1 aromatic carbocycles. The average molecular weight is 176 g/mol. The fraction of sp³-hybridized carbons (Fsp3) is 0.100. The first-order chi connectivity index (χ1) is 6.31. The maximum absolute atomic E-state index is 12.8. The number of hydrogen-bond acceptors (Lipinski definition) is 2. The van der Waals surface area contributed by atoms with Crippen LogP contribution in [0.4, 0.5) is 4.39 Å². The lowest BCUT2D eigenvalue weighted by molar-refractivity contribution is 0.403. The fourth-order valence-electron chi connectivity index (χ4n) is 1.22. The fourth-order valence-corrected chi connectivity index (χ4v) is 1.22. The molecule has 0 bridgehead atoms. The van der Waals surface area contributed by atoms with E-state index in [1.165, 1.54) is 13.2 Å². The minimum Gasteiger partial charge on any atom is -0.481 e. The van der Waals surface area contributed by atoms with E-state index in [0.717, 1.165) is 5.39 Å². The molecule has 0 aliphatic heterocycles. The molecule has 65 valence electrons. The van der Waals surface area contributed by atoms with Crippen LogP contribution in [0.1, 0.15) is 0 Å². The molecular weight excluding hydrogens is 169 g/mol. The first-order valence-electron chi connectivity index (χ1n) is 3.81. The number of ether oxygens (including phenoxy) is 1. The van der Waals surface area contributed by atoms with Crippen LogP contribution in [0.3, 0.4) is 0 Å². The highest BCUT2D eigenvalue weighted by atomic mass is 19.1. The van der Waals surface area contributed by atoms with E-state index in [4.69, 9.17) is 4.74 Å². The molecule has 2 nitrogen and oxygen atoms in total. The zero-order valence-electron chi connectivity index (χ0n) is 7.04. The largest absolute Gasteiger partial charge is 0.481 e. The zero-order valence-corrected chi connectivity index (χ0v) is 7.04. The second-order valence-corrected chi connectivity index (χ2v) is 2.60. The third-order valence-corrected chi connectivity index (χ3v) is 1.82. The molecular formula is C10H7FNO. The van der Waals surface area contributed by atoms with E-state index in [2.05, 4.69) is 11.1 Å². The predicted molar refractivity (Wildman–Crippen MR) is 47.1 cm³/mol. The average Bonchev–Trinajstić information content (AvgIpc) is 2.17. The van der Waals surface area contributed by atoms with E-state index in [9.17, 15) is 4.39 Å². The Morgan fingerprint density at radius 1 is 1.54 bits per heavy atom. The van der Waals surface area contributed by atoms with Gasteiger partial charge in [-0.05, 0) is 23.6 Å². The molecule has 0 saturated heterocycles. The van der Waals surface area contributed by atoms with Gasteiger partial charge in [-0.3, -0.25) is 0 Å². The van der Waals surface area contributed by atoms with Crippen molar-refractivity contribution in [2.75, 3.05) is 7.11 Å². The van der Waals surface area contributed by atoms with Crippen LogP contribution in [0.25, 0.3) is 10.8 Å². The molecule has 0 amide bonds. The van der Waals surface area contributed by atoms with Gasteiger partial charge in [0.05, 0.1) is 7.11 Å². The highest BCUT2D eigenvalue weighted by molar-refractivity contribution is 5.86. The van der Waals surface area contributed by atoms with Crippen LogP contribution in [0.15, 0.2) is 24.4 Å². The number of benzene rings is 1. The predicted octanol–water partition coefficient (Wildman–Crippen LogP) is 2.18. The van der Waals surface area contributed by atoms with Gasteiger partial charge in [0.1, 0.15) is 5.82 Å². The van der Waals surface area contributed by atoms with Crippen LogP contribution in [0.2, 0.25) is 0 Å². The second-order valence-electron chi connectivity index (χ2n) is 2.60. The summed E-state index contributed by atoms with van der Waals surface area (Å²) in [6, 6.07) is 7.20. The van der Waals surface area contributed by atoms with Crippen molar-refractivity contribution in [2.45, 2.75) is 0 Å². The van der Waals surface area contributed by atoms with Gasteiger partial charge in [-0.15, -0.1) is 0 Å². The van der Waals surface area contributed by atoms with Crippen LogP contribution in [0, 0.1) is 11.9 Å². The van der Waals surface area contributed by atoms with E-state index in [1.807, 2.05) is 0 Å². The first kappa shape index (κ1) is 7.98. The van der Waals surface area contributed by atoms with Crippen molar-refractivity contribution in [3.8, 4) is 5.88 Å². The quantitative estimate of drug-likeness (QED) is 0.664. The Labute approximate surface area is 75.0 Å². The number of methoxy groups -OCH3 is 1. The number of hydrogen-bond donors (Lipinski definition) is 0. The number of rotatable bonds is 1. The smallest absolute Gasteiger partial charge is 0.221 e. The second kappa shape index (κ2) is 3.01. The molecule has 0 unspecified atom stereocenters. The summed E-state index contributed by atoms with van der Waals surface area (Å²) in [5.74, 6) is 0.0317. The van der Waals surface area contributed by atoms with Crippen molar-refractivity contribution >= 4 is 10.8 Å². The van der Waals surface area contributed by atoms with Crippen molar-refractivity contribution < 1.29 is 9.13 Å². The summed E-state index contributed by atoms with van der Waals surface area (Å²) in [7, 11) is 1.51. The highest BCUT2D eigenvalue weighted by Gasteiger charge is 2.02. The van der Waals surface area contributed by atoms with Crippen LogP contribution in [-0.4, -0.2) is 12.1 Å². The maximum atomic E-state index is 12.8. The SMILES string of the molecule is COc1nccc2c[c]c(F)cc12. The Bertz CT molecular complexity index is 442. The Morgan fingerprint density at radius 3 is 3.15 bits per heavy atom. The van der Waals surface area contributed by atoms with Gasteiger partial charge < -0.3 is 4.74 Å². The third kappa shape index (κ3) is 1.33. The summed E-state index contributed by atoms with van der Waals surface area (Å²) in [5, 5.41) is 1.54. The molecule has 2 aromatic rings. The molecule has 0 saturated carbocycles. The van der Waals surface area contributed by atoms with Gasteiger partial charge in [0.2, 0.25) is 5.88 Å². The summed E-state index contributed by atoms with van der Waals surface area (Å²) in [5.41, 5.74) is 0. The van der Waals surface area contributed by atoms with E-state index in [1.54, 1.807) is 18.3 Å². The molecule has 0 atom stereocenters. The topological polar surface area (TPSA) is 22.1 Å². The lowest BCUT2D eigenvalue weighted by atomic mass is 10.2. The van der Waals surface area contributed by atoms with Crippen LogP contribution in [0.5, 0.6) is 5.88 Å². The first-order valence-corrected chi connectivity index (χ1v) is 3.81. The highest BCUT2D eigenvalue weighted by Crippen LogP contribution is 2.22. The van der Waals surface area contributed by atoms with Crippen molar-refractivity contribution in [1.82, 2.24) is 4.98 Å². The Balaban J connectivity index is 2.79. The molecule has 1 radical (unpaired) electrons. The number of nitrogens with zero attached hydrogens (tertiary/aromatic N) is 1. The number of pyridine rings is 1. The molecule has 2 rings (SSSR count). The van der Waals surface area contributed by atoms with E-state index < -0.39 is 5.82 Å². The third-order valence-electron chi connectivity index (χ3n) is 1.82. The normalized spacial score (nSPS) is 10.3. The van der Waals surface area contributed by atoms with Crippen LogP contribution >= 0.6 is 0 Å². The lowest BCUT2D eigenvalue weighted by Gasteiger charge is -2.02. The van der Waals surface area contributed by atoms with Gasteiger partial charge in [0.15, 0.2) is 0 Å². The molecule has 0 spiro atoms. The van der Waals surface area contributed by atoms with E-state index in [-0.39, 0.29) is 0 Å². The summed E-state index contributed by atoms with van der Waals surface area (Å²) in [4.78, 5) is 3.96. The molecule has 0 aliphatic carbocycles. The number of halogens is 1. The van der Waals surface area contributed by atoms with Crippen LogP contribution < -0.4 is 4.74 Å². The van der Waals surface area contributed by atoms with Crippen molar-refractivity contribution in [3.05, 3.63) is 36.3 Å². The molecule has 0 aliphatic rings. The van der Waals surface area contributed by atoms with Crippen molar-refractivity contribution in [1.29, 1.82) is 0 Å². The van der Waals surface area contributed by atoms with Crippen molar-refractivity contribution in [2.24, 2.45) is 0 Å². The van der Waals surface area contributed by atoms with Crippen molar-refractivity contribution in [3.63, 3.8) is 0 Å². The molecule has 0 fully saturated rings. The van der Waals surface area contributed by atoms with Gasteiger partial charge in [-0.25, -0.2) is 9.37 Å². The Hall–Kier alpha value is -1.64. The Kier molecular flexibility index (Phi) is 1.85. The minimum absolute atomic E-state index is 0.404. The molecule has 1 aromatic heterocycles. The van der Waals surface area contributed by atoms with Gasteiger partial charge in [-0.1, -0.05) is 0 Å². The van der Waals surface area contributed by atoms with Crippen LogP contribution in [-0.2, 0) is 0 Å². The Morgan fingerprint density at radius 2 is 2.38 bits per heavy atom. The van der Waals surface area contributed by atoms with E-state index >= 15 is 0 Å². The summed E-state index contributed by atoms with van der Waals surface area (Å²) in [6.45, 7) is 0. The molecule has 13 heavy (non-hydrogen) atoms. The number of aromatic nitrogens is 1. The lowest BCUT2D eigenvalue weighted by Crippen LogP contribution is -1.88. The van der Waals surface area contributed by atoms with Gasteiger partial charge in [-0.2, -0.15) is 0 Å². The molecule has 0 N–H and O–H groups in total. The van der Waals surface area contributed by atoms with Gasteiger partial charge in [0.25, 0.3) is 0 Å². The van der Waals surface area contributed by atoms with E-state index in [0.29, 0.717) is 11.3 Å². The summed E-state index contributed by atoms with van der Waals surface area (Å²) in [6.07, 6.45) is 1.62. The van der Waals surface area contributed by atoms with Gasteiger partial charge >= 0.3 is 0 Å². The molecule has 1 heterocycles. The standard InChI is InChI=1S/C10H7FNO/c1-13-10-9-6-8(11)3-2-7(9)4-5-12-10/h2,4-6H,1H3. The van der Waals surface area contributed by atoms with Gasteiger partial charge in [0, 0.05) is 17.6 Å². The maximum Gasteiger partial charge on any atom is 0.221 e. The number of fused-ring (bicyclic) bond motifs is 1. The summed E-state index contributed by atoms with van der Waals surface area (Å²) < 4.78 is 17.8.